The Kier molecular flexibility index (Phi) is 6.49. The smallest absolute Gasteiger partial charge is 0.363 e. The van der Waals surface area contributed by atoms with Gasteiger partial charge in [0.05, 0.1) is 8.95 Å². The minimum absolute atomic E-state index is 0.237. The predicted molar refractivity (Wildman–Crippen MR) is 130 cm³/mol. The van der Waals surface area contributed by atoms with Gasteiger partial charge in [-0.2, -0.15) is 0 Å². The Morgan fingerprint density at radius 2 is 1.55 bits per heavy atom. The molecule has 6 heteroatoms. The molecule has 0 atom stereocenters. The molecule has 0 aromatic heterocycles. The first-order valence-corrected chi connectivity index (χ1v) is 11.0. The topological polar surface area (TPSA) is 47.9 Å². The van der Waals surface area contributed by atoms with Crippen LogP contribution in [0.25, 0.3) is 17.2 Å². The molecule has 0 N–H and O–H groups in total. The molecule has 0 unspecified atom stereocenters. The van der Waals surface area contributed by atoms with Crippen LogP contribution in [-0.4, -0.2) is 18.5 Å². The molecule has 0 spiro atoms. The summed E-state index contributed by atoms with van der Waals surface area (Å²) in [4.78, 5) is 16.8. The van der Waals surface area contributed by atoms with Crippen LogP contribution >= 0.6 is 31.9 Å². The summed E-state index contributed by atoms with van der Waals surface area (Å²) in [7, 11) is 0. The summed E-state index contributed by atoms with van der Waals surface area (Å²) in [5, 5.41) is 0. The summed E-state index contributed by atoms with van der Waals surface area (Å²) in [5.74, 6) is 0.472. The molecule has 0 saturated carbocycles. The molecule has 1 heterocycles. The normalized spacial score (nSPS) is 14.3. The van der Waals surface area contributed by atoms with Gasteiger partial charge in [0.1, 0.15) is 12.4 Å². The van der Waals surface area contributed by atoms with Gasteiger partial charge in [0, 0.05) is 5.56 Å². The fourth-order valence-corrected chi connectivity index (χ4v) is 4.52. The number of ether oxygens (including phenoxy) is 2. The van der Waals surface area contributed by atoms with Crippen LogP contribution in [0.1, 0.15) is 11.1 Å². The van der Waals surface area contributed by atoms with E-state index in [-0.39, 0.29) is 5.70 Å². The maximum Gasteiger partial charge on any atom is 0.363 e. The van der Waals surface area contributed by atoms with Gasteiger partial charge in [-0.05, 0) is 78.9 Å². The van der Waals surface area contributed by atoms with Crippen molar-refractivity contribution < 1.29 is 14.3 Å². The van der Waals surface area contributed by atoms with Crippen LogP contribution < -0.4 is 4.74 Å². The maximum absolute atomic E-state index is 12.4. The highest BCUT2D eigenvalue weighted by molar-refractivity contribution is 9.11. The van der Waals surface area contributed by atoms with E-state index in [0.717, 1.165) is 31.2 Å². The van der Waals surface area contributed by atoms with Gasteiger partial charge in [0.25, 0.3) is 0 Å². The van der Waals surface area contributed by atoms with Gasteiger partial charge >= 0.3 is 5.97 Å². The van der Waals surface area contributed by atoms with Gasteiger partial charge in [-0.1, -0.05) is 55.1 Å². The zero-order chi connectivity index (χ0) is 21.8. The van der Waals surface area contributed by atoms with Gasteiger partial charge in [-0.3, -0.25) is 0 Å². The maximum atomic E-state index is 12.4. The molecule has 3 aromatic carbocycles. The highest BCUT2D eigenvalue weighted by Crippen LogP contribution is 2.36. The lowest BCUT2D eigenvalue weighted by molar-refractivity contribution is -0.129. The van der Waals surface area contributed by atoms with Crippen molar-refractivity contribution in [2.24, 2.45) is 4.99 Å². The molecule has 3 aromatic rings. The lowest BCUT2D eigenvalue weighted by Crippen LogP contribution is -2.05. The molecule has 4 rings (SSSR count). The van der Waals surface area contributed by atoms with E-state index in [2.05, 4.69) is 43.4 Å². The van der Waals surface area contributed by atoms with Crippen molar-refractivity contribution in [1.82, 2.24) is 0 Å². The van der Waals surface area contributed by atoms with E-state index >= 15 is 0 Å². The average Bonchev–Trinajstić information content (AvgIpc) is 3.14. The van der Waals surface area contributed by atoms with Crippen LogP contribution in [0.3, 0.4) is 0 Å². The number of hydrogen-bond acceptors (Lipinski definition) is 4. The number of esters is 1. The second-order valence-electron chi connectivity index (χ2n) is 6.69. The zero-order valence-electron chi connectivity index (χ0n) is 16.3. The van der Waals surface area contributed by atoms with Gasteiger partial charge in [0.15, 0.2) is 5.70 Å². The monoisotopic (exact) mass is 537 g/mol. The summed E-state index contributed by atoms with van der Waals surface area (Å²) in [6.07, 6.45) is 3.35. The van der Waals surface area contributed by atoms with Crippen LogP contribution in [0.5, 0.6) is 5.75 Å². The van der Waals surface area contributed by atoms with Crippen LogP contribution in [0.15, 0.2) is 99.0 Å². The van der Waals surface area contributed by atoms with Crippen molar-refractivity contribution in [3.8, 4) is 16.9 Å². The summed E-state index contributed by atoms with van der Waals surface area (Å²) in [5.41, 5.74) is 3.96. The van der Waals surface area contributed by atoms with Crippen LogP contribution in [0.4, 0.5) is 0 Å². The third kappa shape index (κ3) is 4.86. The largest absolute Gasteiger partial charge is 0.487 e. The molecule has 0 saturated heterocycles. The first kappa shape index (κ1) is 21.3. The van der Waals surface area contributed by atoms with Crippen molar-refractivity contribution in [1.29, 1.82) is 0 Å². The van der Waals surface area contributed by atoms with Gasteiger partial charge in [-0.15, -0.1) is 0 Å². The number of halogens is 2. The van der Waals surface area contributed by atoms with Gasteiger partial charge in [-0.25, -0.2) is 9.79 Å². The minimum Gasteiger partial charge on any atom is -0.487 e. The summed E-state index contributed by atoms with van der Waals surface area (Å²) < 4.78 is 12.5. The molecule has 0 radical (unpaired) electrons. The Bertz CT molecular complexity index is 1180. The number of cyclic esters (lactones) is 1. The SMILES string of the molecule is C=CCOc1c(Br)cc(/C=C2\N=C(c3ccc(-c4ccccc4)cc3)OC2=O)cc1Br. The van der Waals surface area contributed by atoms with E-state index < -0.39 is 5.97 Å². The van der Waals surface area contributed by atoms with Crippen molar-refractivity contribution >= 4 is 49.8 Å². The molecule has 0 aliphatic carbocycles. The van der Waals surface area contributed by atoms with E-state index in [9.17, 15) is 4.79 Å². The predicted octanol–water partition coefficient (Wildman–Crippen LogP) is 6.79. The highest BCUT2D eigenvalue weighted by Gasteiger charge is 2.24. The fraction of sp³-hybridized carbons (Fsp3) is 0.0400. The Morgan fingerprint density at radius 3 is 2.19 bits per heavy atom. The number of rotatable bonds is 6. The molecule has 1 aliphatic rings. The Balaban J connectivity index is 1.58. The van der Waals surface area contributed by atoms with E-state index in [0.29, 0.717) is 18.3 Å². The molecule has 0 fully saturated rings. The van der Waals surface area contributed by atoms with Crippen LogP contribution in [-0.2, 0) is 9.53 Å². The zero-order valence-corrected chi connectivity index (χ0v) is 19.5. The Labute approximate surface area is 197 Å². The van der Waals surface area contributed by atoms with E-state index in [1.165, 1.54) is 0 Å². The minimum atomic E-state index is -0.485. The van der Waals surface area contributed by atoms with E-state index in [1.807, 2.05) is 66.7 Å². The third-order valence-corrected chi connectivity index (χ3v) is 5.71. The van der Waals surface area contributed by atoms with Gasteiger partial charge < -0.3 is 9.47 Å². The molecule has 31 heavy (non-hydrogen) atoms. The summed E-state index contributed by atoms with van der Waals surface area (Å²) in [6.45, 7) is 4.04. The molecule has 1 aliphatic heterocycles. The lowest BCUT2D eigenvalue weighted by Gasteiger charge is -2.09. The van der Waals surface area contributed by atoms with E-state index in [4.69, 9.17) is 9.47 Å². The quantitative estimate of drug-likeness (QED) is 0.197. The average molecular weight is 539 g/mol. The number of aliphatic imine (C=N–C) groups is 1. The number of benzene rings is 3. The van der Waals surface area contributed by atoms with Crippen LogP contribution in [0.2, 0.25) is 0 Å². The second kappa shape index (κ2) is 9.45. The Hall–Kier alpha value is -2.96. The number of nitrogens with zero attached hydrogens (tertiary/aromatic N) is 1. The molecular formula is C25H17Br2NO3. The molecule has 154 valence electrons. The molecule has 4 nitrogen and oxygen atoms in total. The third-order valence-electron chi connectivity index (χ3n) is 4.53. The Morgan fingerprint density at radius 1 is 0.935 bits per heavy atom. The molecular weight excluding hydrogens is 522 g/mol. The van der Waals surface area contributed by atoms with Crippen molar-refractivity contribution in [3.63, 3.8) is 0 Å². The molecule has 0 amide bonds. The summed E-state index contributed by atoms with van der Waals surface area (Å²) >= 11 is 6.99. The highest BCUT2D eigenvalue weighted by atomic mass is 79.9. The van der Waals surface area contributed by atoms with Crippen LogP contribution in [0, 0.1) is 0 Å². The number of carbonyl (C=O) groups excluding carboxylic acids is 1. The lowest BCUT2D eigenvalue weighted by atomic mass is 10.0. The van der Waals surface area contributed by atoms with Gasteiger partial charge in [0.2, 0.25) is 5.90 Å². The van der Waals surface area contributed by atoms with Crippen molar-refractivity contribution in [2.75, 3.05) is 6.61 Å². The number of carbonyl (C=O) groups is 1. The van der Waals surface area contributed by atoms with Crippen molar-refractivity contribution in [2.45, 2.75) is 0 Å². The summed E-state index contributed by atoms with van der Waals surface area (Å²) in [6, 6.07) is 21.6. The first-order valence-electron chi connectivity index (χ1n) is 9.46. The molecule has 0 bridgehead atoms. The first-order chi connectivity index (χ1) is 15.0. The van der Waals surface area contributed by atoms with E-state index in [1.54, 1.807) is 12.2 Å². The van der Waals surface area contributed by atoms with Crippen molar-refractivity contribution in [3.05, 3.63) is 105 Å². The number of hydrogen-bond donors (Lipinski definition) is 0. The fourth-order valence-electron chi connectivity index (χ4n) is 3.07. The standard InChI is InChI=1S/C25H17Br2NO3/c1-2-12-30-23-20(26)13-16(14-21(23)27)15-22-25(29)31-24(28-22)19-10-8-18(9-11-19)17-6-4-3-5-7-17/h2-11,13-15H,1,12H2/b22-15-. The second-order valence-corrected chi connectivity index (χ2v) is 8.40.